The van der Waals surface area contributed by atoms with Gasteiger partial charge in [-0.2, -0.15) is 9.97 Å². The van der Waals surface area contributed by atoms with Crippen LogP contribution in [0.25, 0.3) is 0 Å². The molecule has 1 aromatic carbocycles. The minimum atomic E-state index is -1.05. The largest absolute Gasteiger partial charge is 0.385 e. The molecular formula is C33H41Cl2N7O5S2. The number of aryl methyl sites for hydroxylation is 2. The molecule has 7 heterocycles. The monoisotopic (exact) mass is 749 g/mol. The highest BCUT2D eigenvalue weighted by Crippen LogP contribution is 2.37. The molecule has 2 unspecified atom stereocenters. The van der Waals surface area contributed by atoms with Crippen LogP contribution in [0.1, 0.15) is 55.5 Å². The number of hydrogen-bond acceptors (Lipinski definition) is 12. The zero-order chi connectivity index (χ0) is 34.0. The van der Waals surface area contributed by atoms with E-state index in [4.69, 9.17) is 42.6 Å². The fourth-order valence-electron chi connectivity index (χ4n) is 6.88. The highest BCUT2D eigenvalue weighted by molar-refractivity contribution is 7.85. The van der Waals surface area contributed by atoms with Gasteiger partial charge in [0.2, 0.25) is 11.2 Å². The van der Waals surface area contributed by atoms with Crippen LogP contribution in [0.15, 0.2) is 34.1 Å². The van der Waals surface area contributed by atoms with Gasteiger partial charge in [-0.3, -0.25) is 8.42 Å². The van der Waals surface area contributed by atoms with Crippen molar-refractivity contribution in [2.45, 2.75) is 78.8 Å². The van der Waals surface area contributed by atoms with E-state index in [1.807, 2.05) is 24.3 Å². The van der Waals surface area contributed by atoms with Gasteiger partial charge in [0.25, 0.3) is 0 Å². The second kappa shape index (κ2) is 15.4. The average Bonchev–Trinajstić information content (AvgIpc) is 3.68. The van der Waals surface area contributed by atoms with Gasteiger partial charge in [0.15, 0.2) is 0 Å². The van der Waals surface area contributed by atoms with E-state index in [0.29, 0.717) is 78.9 Å². The Labute approximate surface area is 301 Å². The number of aromatic nitrogens is 4. The number of hydrogen-bond donors (Lipinski definition) is 3. The molecule has 2 atom stereocenters. The number of rotatable bonds is 6. The number of ether oxygens (including phenoxy) is 2. The van der Waals surface area contributed by atoms with Crippen molar-refractivity contribution in [3.63, 3.8) is 0 Å². The number of piperidine rings is 1. The van der Waals surface area contributed by atoms with Gasteiger partial charge in [-0.1, -0.05) is 23.7 Å². The van der Waals surface area contributed by atoms with E-state index in [1.165, 1.54) is 0 Å². The predicted octanol–water partition coefficient (Wildman–Crippen LogP) is 4.26. The number of fused-ring (bicyclic) bond motifs is 2. The summed E-state index contributed by atoms with van der Waals surface area (Å²) in [5.74, 6) is 3.23. The van der Waals surface area contributed by atoms with Gasteiger partial charge in [-0.15, -0.1) is 0 Å². The number of nitrogens with zero attached hydrogens (tertiary/aromatic N) is 5. The van der Waals surface area contributed by atoms with Crippen LogP contribution in [-0.4, -0.2) is 96.6 Å². The summed E-state index contributed by atoms with van der Waals surface area (Å²) in [6, 6.07) is 8.02. The molecule has 0 spiro atoms. The SMILES string of the molecule is O=S1CCc2nc(Cl)nc(NC3CCOCC3)c21.O=S1CCc2nc(N3CCC(O)(c4ccc(Cl)cc4)CC3)nc(NC3CCOCC3)c21. The van der Waals surface area contributed by atoms with Crippen LogP contribution in [0.2, 0.25) is 10.3 Å². The van der Waals surface area contributed by atoms with Crippen LogP contribution in [0.5, 0.6) is 0 Å². The summed E-state index contributed by atoms with van der Waals surface area (Å²) in [7, 11) is -2.05. The average molecular weight is 751 g/mol. The van der Waals surface area contributed by atoms with Gasteiger partial charge in [0.05, 0.1) is 38.6 Å². The third-order valence-corrected chi connectivity index (χ3v) is 13.1. The van der Waals surface area contributed by atoms with Crippen molar-refractivity contribution in [3.8, 4) is 0 Å². The van der Waals surface area contributed by atoms with Gasteiger partial charge in [-0.05, 0) is 67.8 Å². The molecule has 0 saturated carbocycles. The Morgan fingerprint density at radius 2 is 1.27 bits per heavy atom. The lowest BCUT2D eigenvalue weighted by Crippen LogP contribution is -2.43. The summed E-state index contributed by atoms with van der Waals surface area (Å²) in [4.78, 5) is 21.6. The minimum Gasteiger partial charge on any atom is -0.385 e. The maximum absolute atomic E-state index is 12.6. The Morgan fingerprint density at radius 1 is 0.755 bits per heavy atom. The number of aliphatic hydroxyl groups is 1. The molecule has 3 N–H and O–H groups in total. The van der Waals surface area contributed by atoms with Crippen molar-refractivity contribution in [1.82, 2.24) is 19.9 Å². The van der Waals surface area contributed by atoms with E-state index in [-0.39, 0.29) is 11.3 Å². The molecule has 12 nitrogen and oxygen atoms in total. The molecule has 0 amide bonds. The van der Waals surface area contributed by atoms with Crippen molar-refractivity contribution < 1.29 is 23.0 Å². The number of nitrogens with one attached hydrogen (secondary N) is 2. The lowest BCUT2D eigenvalue weighted by atomic mass is 9.84. The second-order valence-electron chi connectivity index (χ2n) is 13.0. The lowest BCUT2D eigenvalue weighted by molar-refractivity contribution is 0.0115. The first-order valence-electron chi connectivity index (χ1n) is 16.9. The fourth-order valence-corrected chi connectivity index (χ4v) is 9.82. The van der Waals surface area contributed by atoms with E-state index >= 15 is 0 Å². The Morgan fingerprint density at radius 3 is 1.82 bits per heavy atom. The predicted molar refractivity (Wildman–Crippen MR) is 191 cm³/mol. The minimum absolute atomic E-state index is 0.224. The first-order chi connectivity index (χ1) is 23.8. The molecule has 49 heavy (non-hydrogen) atoms. The van der Waals surface area contributed by atoms with Crippen molar-refractivity contribution >= 4 is 62.4 Å². The van der Waals surface area contributed by atoms with Crippen molar-refractivity contribution in [3.05, 3.63) is 51.5 Å². The van der Waals surface area contributed by atoms with Gasteiger partial charge in [-0.25, -0.2) is 9.97 Å². The quantitative estimate of drug-likeness (QED) is 0.309. The summed E-state index contributed by atoms with van der Waals surface area (Å²) < 4.78 is 35.3. The van der Waals surface area contributed by atoms with Gasteiger partial charge < -0.3 is 30.1 Å². The highest BCUT2D eigenvalue weighted by Gasteiger charge is 2.36. The van der Waals surface area contributed by atoms with Crippen molar-refractivity contribution in [1.29, 1.82) is 0 Å². The molecule has 3 saturated heterocycles. The van der Waals surface area contributed by atoms with Gasteiger partial charge in [0, 0.05) is 81.0 Å². The van der Waals surface area contributed by atoms with Crippen LogP contribution >= 0.6 is 23.2 Å². The van der Waals surface area contributed by atoms with E-state index < -0.39 is 27.2 Å². The molecule has 8 rings (SSSR count). The van der Waals surface area contributed by atoms with Crippen LogP contribution in [0.4, 0.5) is 17.6 Å². The Hall–Kier alpha value is -2.46. The fraction of sp³-hybridized carbons (Fsp3) is 0.576. The molecule has 16 heteroatoms. The molecule has 5 aliphatic heterocycles. The van der Waals surface area contributed by atoms with E-state index in [1.54, 1.807) is 0 Å². The first-order valence-corrected chi connectivity index (χ1v) is 20.3. The van der Waals surface area contributed by atoms with E-state index in [0.717, 1.165) is 78.9 Å². The van der Waals surface area contributed by atoms with Crippen LogP contribution in [0.3, 0.4) is 0 Å². The molecule has 2 aromatic heterocycles. The first kappa shape index (κ1) is 35.0. The molecule has 0 aliphatic carbocycles. The zero-order valence-corrected chi connectivity index (χ0v) is 30.3. The summed E-state index contributed by atoms with van der Waals surface area (Å²) >= 11 is 11.9. The Balaban J connectivity index is 0.000000178. The summed E-state index contributed by atoms with van der Waals surface area (Å²) in [5.41, 5.74) is 1.73. The smallest absolute Gasteiger partial charge is 0.227 e. The summed E-state index contributed by atoms with van der Waals surface area (Å²) in [6.07, 6.45) is 6.30. The number of halogens is 2. The van der Waals surface area contributed by atoms with Crippen LogP contribution < -0.4 is 15.5 Å². The third kappa shape index (κ3) is 8.05. The molecule has 3 fully saturated rings. The number of anilines is 3. The molecule has 3 aromatic rings. The topological polar surface area (TPSA) is 152 Å². The summed E-state index contributed by atoms with van der Waals surface area (Å²) in [5, 5.41) is 18.9. The zero-order valence-electron chi connectivity index (χ0n) is 27.2. The van der Waals surface area contributed by atoms with E-state index in [2.05, 4.69) is 25.5 Å². The molecule has 5 aliphatic rings. The summed E-state index contributed by atoms with van der Waals surface area (Å²) in [6.45, 7) is 4.27. The molecular weight excluding hydrogens is 709 g/mol. The number of benzene rings is 1. The Kier molecular flexibility index (Phi) is 11.0. The van der Waals surface area contributed by atoms with Crippen molar-refractivity contribution in [2.24, 2.45) is 0 Å². The van der Waals surface area contributed by atoms with Crippen LogP contribution in [-0.2, 0) is 49.5 Å². The van der Waals surface area contributed by atoms with Gasteiger partial charge in [0.1, 0.15) is 21.4 Å². The molecule has 0 bridgehead atoms. The molecule has 0 radical (unpaired) electrons. The lowest BCUT2D eigenvalue weighted by Gasteiger charge is -2.38. The highest BCUT2D eigenvalue weighted by atomic mass is 35.5. The van der Waals surface area contributed by atoms with Gasteiger partial charge >= 0.3 is 0 Å². The maximum Gasteiger partial charge on any atom is 0.227 e. The second-order valence-corrected chi connectivity index (χ2v) is 16.7. The molecule has 264 valence electrons. The maximum atomic E-state index is 12.6. The van der Waals surface area contributed by atoms with Crippen LogP contribution in [0, 0.1) is 0 Å². The third-order valence-electron chi connectivity index (χ3n) is 9.72. The standard InChI is InChI=1S/C22H27ClN4O3S.C11H14ClN3O2S/c23-16-3-1-15(2-4-16)22(28)8-10-27(11-9-22)21-25-18-7-14-31(29)19(18)20(26-21)24-17-5-12-30-13-6-17;12-11-14-8-3-6-18(16)9(8)10(15-11)13-7-1-4-17-5-2-7/h1-4,17,28H,5-14H2,(H,24,25,26);7H,1-6H2,(H,13,14,15). The Bertz CT molecular complexity index is 1700. The van der Waals surface area contributed by atoms with E-state index in [9.17, 15) is 13.5 Å². The van der Waals surface area contributed by atoms with Crippen molar-refractivity contribution in [2.75, 3.05) is 66.6 Å². The normalized spacial score (nSPS) is 23.7.